The summed E-state index contributed by atoms with van der Waals surface area (Å²) in [5, 5.41) is 7.74. The van der Waals surface area contributed by atoms with Crippen molar-refractivity contribution < 1.29 is 19.0 Å². The number of benzene rings is 3. The van der Waals surface area contributed by atoms with Gasteiger partial charge in [-0.1, -0.05) is 35.8 Å². The fraction of sp³-hybridized carbons (Fsp3) is 0.233. The minimum absolute atomic E-state index is 0.315. The molecule has 1 amide bonds. The van der Waals surface area contributed by atoms with Crippen molar-refractivity contribution in [2.45, 2.75) is 6.92 Å². The summed E-state index contributed by atoms with van der Waals surface area (Å²) in [5.41, 5.74) is 5.26. The van der Waals surface area contributed by atoms with E-state index in [2.05, 4.69) is 33.2 Å². The van der Waals surface area contributed by atoms with Crippen molar-refractivity contribution in [3.05, 3.63) is 70.9 Å². The van der Waals surface area contributed by atoms with Gasteiger partial charge in [-0.2, -0.15) is 0 Å². The summed E-state index contributed by atoms with van der Waals surface area (Å²) >= 11 is 13.3. The van der Waals surface area contributed by atoms with Gasteiger partial charge >= 0.3 is 0 Å². The largest absolute Gasteiger partial charge is 0.495 e. The van der Waals surface area contributed by atoms with Crippen molar-refractivity contribution in [3.8, 4) is 22.6 Å². The molecule has 1 fully saturated rings. The number of hydrogen-bond donors (Lipinski definition) is 2. The normalized spacial score (nSPS) is 13.1. The second-order valence-electron chi connectivity index (χ2n) is 9.35. The minimum Gasteiger partial charge on any atom is -0.495 e. The number of methoxy groups -OCH3 is 2. The molecule has 2 N–H and O–H groups in total. The maximum absolute atomic E-state index is 12.3. The summed E-state index contributed by atoms with van der Waals surface area (Å²) in [6.07, 6.45) is 2.95. The van der Waals surface area contributed by atoms with Crippen molar-refractivity contribution in [1.82, 2.24) is 9.97 Å². The molecule has 1 aliphatic rings. The first kappa shape index (κ1) is 28.5. The number of ether oxygens (including phenoxy) is 3. The molecule has 2 heterocycles. The smallest absolute Gasteiger partial charge is 0.247 e. The topological polar surface area (TPSA) is 97.8 Å². The quantitative estimate of drug-likeness (QED) is 0.219. The fourth-order valence-electron chi connectivity index (χ4n) is 4.72. The van der Waals surface area contributed by atoms with Crippen LogP contribution in [0.2, 0.25) is 10.0 Å². The Morgan fingerprint density at radius 3 is 2.44 bits per heavy atom. The molecule has 1 aromatic heterocycles. The highest BCUT2D eigenvalue weighted by Crippen LogP contribution is 2.46. The zero-order valence-corrected chi connectivity index (χ0v) is 24.4. The number of amides is 1. The van der Waals surface area contributed by atoms with E-state index in [1.165, 1.54) is 20.3 Å². The van der Waals surface area contributed by atoms with E-state index in [1.807, 2.05) is 31.2 Å². The highest BCUT2D eigenvalue weighted by molar-refractivity contribution is 6.41. The van der Waals surface area contributed by atoms with Gasteiger partial charge in [-0.3, -0.25) is 4.79 Å². The van der Waals surface area contributed by atoms with Crippen LogP contribution in [-0.2, 0) is 9.53 Å². The lowest BCUT2D eigenvalue weighted by Gasteiger charge is -2.30. The standard InChI is InChI=1S/C30H29Cl2N5O4/c1-5-25(38)34-22-14-20(37-8-10-41-11-9-37)12-17(2)29(22)36-30-33-16-19-13-18(6-7-21(19)35-30)26-27(31)23(39-3)15-24(40-4)28(26)32/h5-7,12-16H,1,8-11H2,2-4H3,(H,34,38)(H,33,35,36). The third kappa shape index (κ3) is 5.88. The highest BCUT2D eigenvalue weighted by atomic mass is 35.5. The number of aryl methyl sites for hydroxylation is 1. The van der Waals surface area contributed by atoms with E-state index in [0.717, 1.165) is 35.3 Å². The van der Waals surface area contributed by atoms with Crippen LogP contribution in [0.3, 0.4) is 0 Å². The molecule has 9 nitrogen and oxygen atoms in total. The van der Waals surface area contributed by atoms with E-state index in [1.54, 1.807) is 12.3 Å². The molecule has 11 heteroatoms. The van der Waals surface area contributed by atoms with Crippen LogP contribution in [0, 0.1) is 6.92 Å². The molecule has 5 rings (SSSR count). The molecule has 0 unspecified atom stereocenters. The van der Waals surface area contributed by atoms with Gasteiger partial charge in [-0.25, -0.2) is 9.97 Å². The van der Waals surface area contributed by atoms with Crippen molar-refractivity contribution in [2.24, 2.45) is 0 Å². The van der Waals surface area contributed by atoms with Gasteiger partial charge in [-0.05, 0) is 48.4 Å². The van der Waals surface area contributed by atoms with Crippen LogP contribution in [0.5, 0.6) is 11.5 Å². The zero-order valence-electron chi connectivity index (χ0n) is 22.9. The molecule has 0 saturated carbocycles. The Hall–Kier alpha value is -4.05. The lowest BCUT2D eigenvalue weighted by Crippen LogP contribution is -2.36. The summed E-state index contributed by atoms with van der Waals surface area (Å²) in [6, 6.07) is 11.3. The summed E-state index contributed by atoms with van der Waals surface area (Å²) in [5.74, 6) is 0.965. The van der Waals surface area contributed by atoms with Gasteiger partial charge in [0.05, 0.1) is 54.4 Å². The van der Waals surface area contributed by atoms with E-state index < -0.39 is 0 Å². The Balaban J connectivity index is 1.50. The predicted octanol–water partition coefficient (Wildman–Crippen LogP) is 6.63. The predicted molar refractivity (Wildman–Crippen MR) is 164 cm³/mol. The van der Waals surface area contributed by atoms with E-state index in [4.69, 9.17) is 42.4 Å². The fourth-order valence-corrected chi connectivity index (χ4v) is 5.44. The molecule has 1 aliphatic heterocycles. The molecule has 4 aromatic rings. The number of hydrogen-bond acceptors (Lipinski definition) is 8. The number of nitrogens with zero attached hydrogens (tertiary/aromatic N) is 3. The third-order valence-electron chi connectivity index (χ3n) is 6.82. The molecule has 3 aromatic carbocycles. The second-order valence-corrected chi connectivity index (χ2v) is 10.1. The third-order valence-corrected chi connectivity index (χ3v) is 7.57. The maximum Gasteiger partial charge on any atom is 0.247 e. The van der Waals surface area contributed by atoms with Crippen LogP contribution in [0.25, 0.3) is 22.0 Å². The van der Waals surface area contributed by atoms with E-state index in [-0.39, 0.29) is 5.91 Å². The maximum atomic E-state index is 12.3. The molecule has 212 valence electrons. The Morgan fingerprint density at radius 2 is 1.78 bits per heavy atom. The molecule has 0 bridgehead atoms. The molecule has 0 spiro atoms. The Morgan fingerprint density at radius 1 is 1.07 bits per heavy atom. The number of anilines is 4. The van der Waals surface area contributed by atoms with Crippen LogP contribution in [-0.4, -0.2) is 56.4 Å². The molecule has 0 atom stereocenters. The lowest BCUT2D eigenvalue weighted by molar-refractivity contribution is -0.111. The average Bonchev–Trinajstić information content (AvgIpc) is 2.99. The number of morpholine rings is 1. The zero-order chi connectivity index (χ0) is 29.1. The van der Waals surface area contributed by atoms with Crippen LogP contribution in [0.15, 0.2) is 55.3 Å². The van der Waals surface area contributed by atoms with Crippen LogP contribution >= 0.6 is 23.2 Å². The van der Waals surface area contributed by atoms with Gasteiger partial charge in [0.15, 0.2) is 0 Å². The molecule has 41 heavy (non-hydrogen) atoms. The van der Waals surface area contributed by atoms with E-state index in [9.17, 15) is 4.79 Å². The number of nitrogens with one attached hydrogen (secondary N) is 2. The van der Waals surface area contributed by atoms with Gasteiger partial charge < -0.3 is 29.7 Å². The van der Waals surface area contributed by atoms with Crippen molar-refractivity contribution in [3.63, 3.8) is 0 Å². The number of aromatic nitrogens is 2. The number of rotatable bonds is 8. The first-order valence-corrected chi connectivity index (χ1v) is 13.6. The summed E-state index contributed by atoms with van der Waals surface area (Å²) in [7, 11) is 3.07. The SMILES string of the molecule is C=CC(=O)Nc1cc(N2CCOCC2)cc(C)c1Nc1ncc2cc(-c3c(Cl)c(OC)cc(OC)c3Cl)ccc2n1. The summed E-state index contributed by atoms with van der Waals surface area (Å²) in [6.45, 7) is 8.42. The molecule has 0 radical (unpaired) electrons. The average molecular weight is 594 g/mol. The van der Waals surface area contributed by atoms with E-state index in [0.29, 0.717) is 63.2 Å². The van der Waals surface area contributed by atoms with Gasteiger partial charge in [-0.15, -0.1) is 0 Å². The highest BCUT2D eigenvalue weighted by Gasteiger charge is 2.20. The number of halogens is 2. The molecular formula is C30H29Cl2N5O4. The summed E-state index contributed by atoms with van der Waals surface area (Å²) < 4.78 is 16.3. The van der Waals surface area contributed by atoms with Crippen molar-refractivity contribution in [2.75, 3.05) is 56.1 Å². The van der Waals surface area contributed by atoms with Crippen LogP contribution < -0.4 is 25.0 Å². The Labute approximate surface area is 248 Å². The monoisotopic (exact) mass is 593 g/mol. The van der Waals surface area contributed by atoms with Gasteiger partial charge in [0, 0.05) is 42.0 Å². The van der Waals surface area contributed by atoms with Crippen LogP contribution in [0.1, 0.15) is 5.56 Å². The van der Waals surface area contributed by atoms with Crippen LogP contribution in [0.4, 0.5) is 23.0 Å². The van der Waals surface area contributed by atoms with Gasteiger partial charge in [0.25, 0.3) is 0 Å². The Kier molecular flexibility index (Phi) is 8.49. The van der Waals surface area contributed by atoms with Crippen molar-refractivity contribution in [1.29, 1.82) is 0 Å². The molecule has 0 aliphatic carbocycles. The van der Waals surface area contributed by atoms with Gasteiger partial charge in [0.1, 0.15) is 11.5 Å². The lowest BCUT2D eigenvalue weighted by atomic mass is 10.0. The Bertz CT molecular complexity index is 1610. The number of carbonyl (C=O) groups excluding carboxylic acids is 1. The van der Waals surface area contributed by atoms with Gasteiger partial charge in [0.2, 0.25) is 11.9 Å². The number of carbonyl (C=O) groups is 1. The molecular weight excluding hydrogens is 565 g/mol. The first-order valence-electron chi connectivity index (χ1n) is 12.9. The van der Waals surface area contributed by atoms with Crippen molar-refractivity contribution >= 4 is 63.0 Å². The minimum atomic E-state index is -0.315. The van der Waals surface area contributed by atoms with E-state index >= 15 is 0 Å². The number of fused-ring (bicyclic) bond motifs is 1. The molecule has 1 saturated heterocycles. The second kappa shape index (κ2) is 12.2. The summed E-state index contributed by atoms with van der Waals surface area (Å²) in [4.78, 5) is 23.8. The first-order chi connectivity index (χ1) is 19.8.